The Morgan fingerprint density at radius 3 is 2.68 bits per heavy atom. The monoisotopic (exact) mass is 375 g/mol. The lowest BCUT2D eigenvalue weighted by atomic mass is 10.1. The van der Waals surface area contributed by atoms with E-state index in [1.807, 2.05) is 30.3 Å². The molecule has 0 bridgehead atoms. The Balaban J connectivity index is 1.65. The summed E-state index contributed by atoms with van der Waals surface area (Å²) in [4.78, 5) is 32.8. The number of aromatic amines is 1. The number of aromatic nitrogens is 4. The van der Waals surface area contributed by atoms with E-state index in [-0.39, 0.29) is 17.9 Å². The maximum absolute atomic E-state index is 12.4. The molecule has 0 aliphatic carbocycles. The van der Waals surface area contributed by atoms with Crippen molar-refractivity contribution in [2.75, 3.05) is 0 Å². The van der Waals surface area contributed by atoms with Gasteiger partial charge in [0.2, 0.25) is 0 Å². The highest BCUT2D eigenvalue weighted by Gasteiger charge is 2.14. The summed E-state index contributed by atoms with van der Waals surface area (Å²) in [5.41, 5.74) is 7.40. The second kappa shape index (κ2) is 6.99. The van der Waals surface area contributed by atoms with Gasteiger partial charge in [-0.3, -0.25) is 14.7 Å². The molecule has 140 valence electrons. The number of nitrogens with two attached hydrogens (primary N) is 1. The van der Waals surface area contributed by atoms with Crippen LogP contribution >= 0.6 is 0 Å². The molecule has 2 heterocycles. The minimum absolute atomic E-state index is 0.00298. The van der Waals surface area contributed by atoms with Gasteiger partial charge in [-0.2, -0.15) is 9.50 Å². The quantitative estimate of drug-likeness (QED) is 0.554. The Kier molecular flexibility index (Phi) is 4.36. The first-order chi connectivity index (χ1) is 13.5. The van der Waals surface area contributed by atoms with Crippen LogP contribution in [0.1, 0.15) is 21.6 Å². The third-order valence-corrected chi connectivity index (χ3v) is 4.29. The molecule has 2 aromatic heterocycles. The third-order valence-electron chi connectivity index (χ3n) is 4.29. The standard InChI is InChI=1S/C20H17N5O3/c1-12-6-5-9-15(17(12)18(21)27)28-11-14-10-16(26)25-20(22-14)23-19(24-25)13-7-3-2-4-8-13/h2-10H,11H2,1H3,(H2,21,27)(H,22,23,24). The van der Waals surface area contributed by atoms with E-state index in [0.717, 1.165) is 5.56 Å². The van der Waals surface area contributed by atoms with Gasteiger partial charge < -0.3 is 10.5 Å². The normalized spacial score (nSPS) is 10.9. The number of rotatable bonds is 5. The van der Waals surface area contributed by atoms with Crippen LogP contribution in [0.2, 0.25) is 0 Å². The highest BCUT2D eigenvalue weighted by atomic mass is 16.5. The number of benzene rings is 2. The van der Waals surface area contributed by atoms with Crippen molar-refractivity contribution < 1.29 is 9.53 Å². The summed E-state index contributed by atoms with van der Waals surface area (Å²) >= 11 is 0. The lowest BCUT2D eigenvalue weighted by Crippen LogP contribution is -2.18. The summed E-state index contributed by atoms with van der Waals surface area (Å²) in [5, 5.41) is 2.94. The summed E-state index contributed by atoms with van der Waals surface area (Å²) in [6.45, 7) is 1.78. The Labute approximate surface area is 159 Å². The topological polar surface area (TPSA) is 115 Å². The molecular formula is C20H17N5O3. The zero-order valence-electron chi connectivity index (χ0n) is 15.0. The van der Waals surface area contributed by atoms with Gasteiger partial charge in [0.15, 0.2) is 5.82 Å². The molecule has 4 aromatic rings. The Morgan fingerprint density at radius 1 is 1.14 bits per heavy atom. The first kappa shape index (κ1) is 17.5. The average Bonchev–Trinajstić information content (AvgIpc) is 3.11. The van der Waals surface area contributed by atoms with Crippen molar-refractivity contribution in [1.82, 2.24) is 19.6 Å². The van der Waals surface area contributed by atoms with Crippen LogP contribution in [0.4, 0.5) is 0 Å². The number of nitrogens with one attached hydrogen (secondary N) is 1. The van der Waals surface area contributed by atoms with Crippen LogP contribution in [-0.4, -0.2) is 25.5 Å². The third kappa shape index (κ3) is 3.23. The van der Waals surface area contributed by atoms with Gasteiger partial charge in [-0.1, -0.05) is 42.5 Å². The van der Waals surface area contributed by atoms with E-state index in [1.54, 1.807) is 25.1 Å². The number of H-pyrrole nitrogens is 1. The first-order valence-electron chi connectivity index (χ1n) is 8.59. The zero-order valence-corrected chi connectivity index (χ0v) is 15.0. The van der Waals surface area contributed by atoms with Crippen LogP contribution in [0.5, 0.6) is 5.75 Å². The molecule has 4 rings (SSSR count). The molecule has 1 amide bonds. The van der Waals surface area contributed by atoms with Crippen LogP contribution in [0.25, 0.3) is 17.2 Å². The molecule has 0 saturated carbocycles. The number of carbonyl (C=O) groups excluding carboxylic acids is 1. The summed E-state index contributed by atoms with van der Waals surface area (Å²) in [6, 6.07) is 16.0. The van der Waals surface area contributed by atoms with Gasteiger partial charge >= 0.3 is 0 Å². The molecular weight excluding hydrogens is 358 g/mol. The molecule has 8 nitrogen and oxygen atoms in total. The number of hydrogen-bond acceptors (Lipinski definition) is 5. The molecule has 0 spiro atoms. The molecule has 0 fully saturated rings. The molecule has 8 heteroatoms. The zero-order chi connectivity index (χ0) is 19.7. The molecule has 0 saturated heterocycles. The van der Waals surface area contributed by atoms with E-state index in [2.05, 4.69) is 15.1 Å². The molecule has 0 aliphatic heterocycles. The SMILES string of the molecule is Cc1cccc(OCc2cc(=O)n3[nH]c(-c4ccccc4)nc3n2)c1C(N)=O. The highest BCUT2D eigenvalue weighted by molar-refractivity contribution is 5.97. The fourth-order valence-corrected chi connectivity index (χ4v) is 2.95. The van der Waals surface area contributed by atoms with Gasteiger partial charge in [0, 0.05) is 11.6 Å². The lowest BCUT2D eigenvalue weighted by Gasteiger charge is -2.11. The van der Waals surface area contributed by atoms with Crippen molar-refractivity contribution in [3.63, 3.8) is 0 Å². The second-order valence-electron chi connectivity index (χ2n) is 6.26. The molecule has 3 N–H and O–H groups in total. The maximum Gasteiger partial charge on any atom is 0.274 e. The molecule has 0 atom stereocenters. The van der Waals surface area contributed by atoms with Gasteiger partial charge in [0.05, 0.1) is 11.3 Å². The number of nitrogens with zero attached hydrogens (tertiary/aromatic N) is 3. The summed E-state index contributed by atoms with van der Waals surface area (Å²) in [6.07, 6.45) is 0. The van der Waals surface area contributed by atoms with Gasteiger partial charge in [-0.25, -0.2) is 4.98 Å². The number of primary amides is 1. The number of amides is 1. The van der Waals surface area contributed by atoms with Gasteiger partial charge in [-0.15, -0.1) is 0 Å². The van der Waals surface area contributed by atoms with Crippen LogP contribution in [-0.2, 0) is 6.61 Å². The lowest BCUT2D eigenvalue weighted by molar-refractivity contribution is 0.0995. The van der Waals surface area contributed by atoms with Gasteiger partial charge in [0.25, 0.3) is 17.2 Å². The van der Waals surface area contributed by atoms with E-state index in [9.17, 15) is 9.59 Å². The predicted octanol–water partition coefficient (Wildman–Crippen LogP) is 2.07. The van der Waals surface area contributed by atoms with Crippen molar-refractivity contribution >= 4 is 11.7 Å². The van der Waals surface area contributed by atoms with Gasteiger partial charge in [0.1, 0.15) is 12.4 Å². The van der Waals surface area contributed by atoms with Crippen LogP contribution < -0.4 is 16.0 Å². The fourth-order valence-electron chi connectivity index (χ4n) is 2.95. The van der Waals surface area contributed by atoms with Crippen molar-refractivity contribution in [3.05, 3.63) is 81.8 Å². The number of hydrogen-bond donors (Lipinski definition) is 2. The first-order valence-corrected chi connectivity index (χ1v) is 8.59. The Morgan fingerprint density at radius 2 is 1.93 bits per heavy atom. The number of aryl methyl sites for hydroxylation is 1. The van der Waals surface area contributed by atoms with E-state index in [1.165, 1.54) is 10.6 Å². The van der Waals surface area contributed by atoms with Crippen molar-refractivity contribution in [2.45, 2.75) is 13.5 Å². The van der Waals surface area contributed by atoms with Crippen molar-refractivity contribution in [3.8, 4) is 17.1 Å². The number of fused-ring (bicyclic) bond motifs is 1. The van der Waals surface area contributed by atoms with E-state index >= 15 is 0 Å². The van der Waals surface area contributed by atoms with Crippen molar-refractivity contribution in [2.24, 2.45) is 5.73 Å². The Hall–Kier alpha value is -3.94. The van der Waals surface area contributed by atoms with E-state index in [0.29, 0.717) is 28.4 Å². The van der Waals surface area contributed by atoms with Crippen molar-refractivity contribution in [1.29, 1.82) is 0 Å². The number of ether oxygens (including phenoxy) is 1. The smallest absolute Gasteiger partial charge is 0.274 e. The molecule has 2 aromatic carbocycles. The molecule has 0 aliphatic rings. The average molecular weight is 375 g/mol. The summed E-state index contributed by atoms with van der Waals surface area (Å²) in [7, 11) is 0. The van der Waals surface area contributed by atoms with Crippen LogP contribution in [0, 0.1) is 6.92 Å². The predicted molar refractivity (Wildman–Crippen MR) is 103 cm³/mol. The summed E-state index contributed by atoms with van der Waals surface area (Å²) in [5.74, 6) is 0.556. The molecule has 28 heavy (non-hydrogen) atoms. The van der Waals surface area contributed by atoms with E-state index in [4.69, 9.17) is 10.5 Å². The maximum atomic E-state index is 12.4. The highest BCUT2D eigenvalue weighted by Crippen LogP contribution is 2.22. The fraction of sp³-hybridized carbons (Fsp3) is 0.100. The molecule has 0 unspecified atom stereocenters. The minimum Gasteiger partial charge on any atom is -0.486 e. The van der Waals surface area contributed by atoms with Gasteiger partial charge in [-0.05, 0) is 18.6 Å². The number of carbonyl (C=O) groups is 1. The largest absolute Gasteiger partial charge is 0.486 e. The minimum atomic E-state index is -0.573. The molecule has 0 radical (unpaired) electrons. The van der Waals surface area contributed by atoms with Crippen LogP contribution in [0.3, 0.4) is 0 Å². The van der Waals surface area contributed by atoms with E-state index < -0.39 is 5.91 Å². The summed E-state index contributed by atoms with van der Waals surface area (Å²) < 4.78 is 6.98. The Bertz CT molecular complexity index is 1230. The van der Waals surface area contributed by atoms with Crippen LogP contribution in [0.15, 0.2) is 59.4 Å². The second-order valence-corrected chi connectivity index (χ2v) is 6.26.